The molecule has 1 atom stereocenters. The molecule has 0 saturated heterocycles. The van der Waals surface area contributed by atoms with E-state index in [0.29, 0.717) is 11.3 Å². The van der Waals surface area contributed by atoms with Crippen LogP contribution in [-0.4, -0.2) is 11.8 Å². The van der Waals surface area contributed by atoms with E-state index in [0.717, 1.165) is 5.39 Å². The van der Waals surface area contributed by atoms with Gasteiger partial charge in [0.1, 0.15) is 11.3 Å². The highest BCUT2D eigenvalue weighted by molar-refractivity contribution is 7.30. The van der Waals surface area contributed by atoms with E-state index in [1.54, 1.807) is 18.3 Å². The third kappa shape index (κ3) is 2.52. The van der Waals surface area contributed by atoms with Crippen molar-refractivity contribution in [2.45, 2.75) is 0 Å². The highest BCUT2D eigenvalue weighted by atomic mass is 31.1. The van der Waals surface area contributed by atoms with Gasteiger partial charge in [-0.15, -0.1) is 4.52 Å². The number of aromatic nitrogens is 1. The van der Waals surface area contributed by atoms with Gasteiger partial charge in [-0.1, -0.05) is 18.2 Å². The van der Waals surface area contributed by atoms with Gasteiger partial charge in [-0.25, -0.2) is 0 Å². The third-order valence-corrected chi connectivity index (χ3v) is 2.28. The molecule has 0 amide bonds. The second kappa shape index (κ2) is 4.99. The van der Waals surface area contributed by atoms with E-state index in [-0.39, 0.29) is 6.79 Å². The Morgan fingerprint density at radius 2 is 2.12 bits per heavy atom. The normalized spacial score (nSPS) is 11.4. The van der Waals surface area contributed by atoms with E-state index < -0.39 is 8.25 Å². The Hall–Kier alpha value is -1.55. The van der Waals surface area contributed by atoms with Crippen molar-refractivity contribution in [2.75, 3.05) is 6.79 Å². The van der Waals surface area contributed by atoms with Gasteiger partial charge in [0, 0.05) is 11.6 Å². The molecule has 1 aromatic carbocycles. The van der Waals surface area contributed by atoms with Gasteiger partial charge in [-0.2, -0.15) is 0 Å². The predicted molar refractivity (Wildman–Crippen MR) is 55.9 cm³/mol. The van der Waals surface area contributed by atoms with E-state index in [4.69, 9.17) is 4.74 Å². The van der Waals surface area contributed by atoms with Crippen LogP contribution in [0.15, 0.2) is 36.5 Å². The summed E-state index contributed by atoms with van der Waals surface area (Å²) < 4.78 is 19.6. The van der Waals surface area contributed by atoms with E-state index in [1.165, 1.54) is 0 Å². The highest BCUT2D eigenvalue weighted by Crippen LogP contribution is 2.23. The molecule has 0 aliphatic rings. The second-order valence-corrected chi connectivity index (χ2v) is 3.65. The maximum atomic E-state index is 10.2. The summed E-state index contributed by atoms with van der Waals surface area (Å²) in [6.45, 7) is -0.339. The van der Waals surface area contributed by atoms with Crippen LogP contribution in [-0.2, 0) is 9.09 Å². The van der Waals surface area contributed by atoms with Gasteiger partial charge in [0.25, 0.3) is 0 Å². The van der Waals surface area contributed by atoms with Crippen molar-refractivity contribution < 1.29 is 18.7 Å². The van der Waals surface area contributed by atoms with Gasteiger partial charge in [0.05, 0.1) is 0 Å². The predicted octanol–water partition coefficient (Wildman–Crippen LogP) is 1.61. The lowest BCUT2D eigenvalue weighted by molar-refractivity contribution is -0.189. The zero-order chi connectivity index (χ0) is 11.4. The molecular weight excluding hydrogens is 229 g/mol. The summed E-state index contributed by atoms with van der Waals surface area (Å²) in [4.78, 5) is 14.3. The Bertz CT molecular complexity index is 512. The van der Waals surface area contributed by atoms with Crippen molar-refractivity contribution >= 4 is 19.2 Å². The summed E-state index contributed by atoms with van der Waals surface area (Å²) in [5.41, 5.74) is 0.676. The largest absolute Gasteiger partial charge is 0.566 e. The maximum absolute atomic E-state index is 10.2. The van der Waals surface area contributed by atoms with Gasteiger partial charge < -0.3 is 9.63 Å². The van der Waals surface area contributed by atoms with E-state index in [2.05, 4.69) is 9.51 Å². The number of hydrogen-bond acceptors (Lipinski definition) is 5. The molecule has 1 unspecified atom stereocenters. The average Bonchev–Trinajstić information content (AvgIpc) is 2.29. The van der Waals surface area contributed by atoms with Gasteiger partial charge >= 0.3 is 8.25 Å². The fourth-order valence-corrected chi connectivity index (χ4v) is 1.46. The molecule has 6 heteroatoms. The van der Waals surface area contributed by atoms with Gasteiger partial charge in [0.15, 0.2) is 0 Å². The van der Waals surface area contributed by atoms with Crippen LogP contribution in [0, 0.1) is 0 Å². The topological polar surface area (TPSA) is 71.5 Å². The third-order valence-electron chi connectivity index (χ3n) is 1.97. The molecule has 0 spiro atoms. The summed E-state index contributed by atoms with van der Waals surface area (Å²) in [6.07, 6.45) is 1.64. The molecule has 0 saturated carbocycles. The standard InChI is InChI=1S/C10H8NO4P/c12-16(13)15-7-14-9-5-1-3-8-4-2-6-11-10(8)9/h1-6H,7H2. The van der Waals surface area contributed by atoms with Crippen LogP contribution in [0.4, 0.5) is 0 Å². The molecule has 0 radical (unpaired) electrons. The van der Waals surface area contributed by atoms with Crippen molar-refractivity contribution in [1.29, 1.82) is 0 Å². The summed E-state index contributed by atoms with van der Waals surface area (Å²) in [6, 6.07) is 9.11. The Morgan fingerprint density at radius 3 is 2.94 bits per heavy atom. The van der Waals surface area contributed by atoms with E-state index in [1.807, 2.05) is 18.2 Å². The lowest BCUT2D eigenvalue weighted by atomic mass is 10.2. The zero-order valence-electron chi connectivity index (χ0n) is 8.20. The molecule has 82 valence electrons. The summed E-state index contributed by atoms with van der Waals surface area (Å²) >= 11 is 0. The first-order valence-electron chi connectivity index (χ1n) is 4.51. The zero-order valence-corrected chi connectivity index (χ0v) is 9.09. The first-order valence-corrected chi connectivity index (χ1v) is 5.61. The smallest absolute Gasteiger partial charge is 0.492 e. The first-order chi connectivity index (χ1) is 7.77. The van der Waals surface area contributed by atoms with Crippen molar-refractivity contribution in [3.05, 3.63) is 36.5 Å². The quantitative estimate of drug-likeness (QED) is 0.596. The molecule has 2 aromatic rings. The van der Waals surface area contributed by atoms with Crippen LogP contribution < -0.4 is 9.63 Å². The van der Waals surface area contributed by atoms with Crippen molar-refractivity contribution in [3.8, 4) is 5.75 Å². The number of para-hydroxylation sites is 1. The summed E-state index contributed by atoms with van der Waals surface area (Å²) in [5.74, 6) is 0.495. The van der Waals surface area contributed by atoms with Gasteiger partial charge in [-0.3, -0.25) is 4.98 Å². The summed E-state index contributed by atoms with van der Waals surface area (Å²) in [7, 11) is -2.89. The minimum Gasteiger partial charge on any atom is -0.566 e. The van der Waals surface area contributed by atoms with Crippen molar-refractivity contribution in [1.82, 2.24) is 4.98 Å². The van der Waals surface area contributed by atoms with Gasteiger partial charge in [-0.05, 0) is 16.7 Å². The molecule has 0 N–H and O–H groups in total. The molecule has 5 nitrogen and oxygen atoms in total. The Kier molecular flexibility index (Phi) is 3.41. The van der Waals surface area contributed by atoms with Crippen molar-refractivity contribution in [2.24, 2.45) is 0 Å². The van der Waals surface area contributed by atoms with E-state index >= 15 is 0 Å². The van der Waals surface area contributed by atoms with Crippen molar-refractivity contribution in [3.63, 3.8) is 0 Å². The van der Waals surface area contributed by atoms with Gasteiger partial charge in [0.2, 0.25) is 6.79 Å². The number of fused-ring (bicyclic) bond motifs is 1. The molecule has 0 fully saturated rings. The van der Waals surface area contributed by atoms with E-state index in [9.17, 15) is 9.46 Å². The van der Waals surface area contributed by atoms with Crippen LogP contribution in [0.1, 0.15) is 0 Å². The first kappa shape index (κ1) is 11.0. The minimum absolute atomic E-state index is 0.339. The number of rotatable bonds is 4. The molecule has 2 rings (SSSR count). The monoisotopic (exact) mass is 237 g/mol. The molecule has 1 aromatic heterocycles. The number of hydrogen-bond donors (Lipinski definition) is 0. The second-order valence-electron chi connectivity index (χ2n) is 2.95. The molecule has 0 aliphatic heterocycles. The fourth-order valence-electron chi connectivity index (χ4n) is 1.33. The number of pyridine rings is 1. The highest BCUT2D eigenvalue weighted by Gasteiger charge is 2.05. The van der Waals surface area contributed by atoms with Crippen LogP contribution >= 0.6 is 8.25 Å². The van der Waals surface area contributed by atoms with Crippen LogP contribution in [0.2, 0.25) is 0 Å². The van der Waals surface area contributed by atoms with Crippen LogP contribution in [0.3, 0.4) is 0 Å². The molecule has 0 aliphatic carbocycles. The summed E-state index contributed by atoms with van der Waals surface area (Å²) in [5, 5.41) is 0.923. The van der Waals surface area contributed by atoms with Crippen LogP contribution in [0.5, 0.6) is 5.75 Å². The lowest BCUT2D eigenvalue weighted by Crippen LogP contribution is -2.02. The Morgan fingerprint density at radius 1 is 1.31 bits per heavy atom. The Balaban J connectivity index is 2.20. The average molecular weight is 237 g/mol. The molecular formula is C10H8NO4P. The Labute approximate surface area is 92.6 Å². The number of ether oxygens (including phenoxy) is 1. The maximum Gasteiger partial charge on any atom is 0.492 e. The number of nitrogens with zero attached hydrogens (tertiary/aromatic N) is 1. The number of benzene rings is 1. The molecule has 16 heavy (non-hydrogen) atoms. The lowest BCUT2D eigenvalue weighted by Gasteiger charge is -2.05. The van der Waals surface area contributed by atoms with Crippen LogP contribution in [0.25, 0.3) is 10.9 Å². The SMILES string of the molecule is O=[P+]([O-])OCOc1cccc2cccnc12. The molecule has 1 heterocycles. The molecule has 0 bridgehead atoms. The minimum atomic E-state index is -2.89. The fraction of sp³-hybridized carbons (Fsp3) is 0.100.